The van der Waals surface area contributed by atoms with Gasteiger partial charge in [0, 0.05) is 36.3 Å². The summed E-state index contributed by atoms with van der Waals surface area (Å²) in [5.41, 5.74) is 3.88. The number of fused-ring (bicyclic) bond motifs is 3. The molecule has 1 aliphatic carbocycles. The zero-order valence-corrected chi connectivity index (χ0v) is 20.6. The summed E-state index contributed by atoms with van der Waals surface area (Å²) in [7, 11) is 0. The highest BCUT2D eigenvalue weighted by molar-refractivity contribution is 14.1. The molecule has 0 bridgehead atoms. The lowest BCUT2D eigenvalue weighted by Crippen LogP contribution is -2.37. The second kappa shape index (κ2) is 9.37. The lowest BCUT2D eigenvalue weighted by Gasteiger charge is -2.30. The smallest absolute Gasteiger partial charge is 0.285 e. The van der Waals surface area contributed by atoms with Crippen LogP contribution in [-0.2, 0) is 19.5 Å². The molecule has 1 unspecified atom stereocenters. The Morgan fingerprint density at radius 2 is 2.06 bits per heavy atom. The number of aromatic nitrogens is 1. The molecule has 0 saturated heterocycles. The lowest BCUT2D eigenvalue weighted by atomic mass is 9.97. The standard InChI is InChI=1S/C24H25F3IN5O/c25-18-4-1-14(9-19(18)28)12-31-7-5-17-16(13-31)10-21(29)33-22(17)24(34)32(23(33)15-2-3-15)8-6-30-11-20(26)27/h1,4,9-11,15,23,29-30H,2-3,5-8,12-13H2. The van der Waals surface area contributed by atoms with Gasteiger partial charge in [0.05, 0.1) is 6.20 Å². The van der Waals surface area contributed by atoms with Gasteiger partial charge in [-0.05, 0) is 82.7 Å². The van der Waals surface area contributed by atoms with Crippen LogP contribution < -0.4 is 10.8 Å². The number of hydrogen-bond acceptors (Lipinski definition) is 4. The summed E-state index contributed by atoms with van der Waals surface area (Å²) in [6.07, 6.45) is 1.31. The molecule has 5 rings (SSSR count). The van der Waals surface area contributed by atoms with Gasteiger partial charge in [-0.25, -0.2) is 4.39 Å². The van der Waals surface area contributed by atoms with Crippen molar-refractivity contribution in [2.75, 3.05) is 19.6 Å². The molecular weight excluding hydrogens is 558 g/mol. The van der Waals surface area contributed by atoms with Gasteiger partial charge in [-0.15, -0.1) is 0 Å². The molecule has 3 heterocycles. The topological polar surface area (TPSA) is 64.4 Å². The monoisotopic (exact) mass is 583 g/mol. The highest BCUT2D eigenvalue weighted by Crippen LogP contribution is 2.45. The third-order valence-corrected chi connectivity index (χ3v) is 7.57. The van der Waals surface area contributed by atoms with Gasteiger partial charge in [0.25, 0.3) is 12.0 Å². The van der Waals surface area contributed by atoms with Crippen LogP contribution in [0.4, 0.5) is 13.2 Å². The van der Waals surface area contributed by atoms with Crippen LogP contribution in [-0.4, -0.2) is 39.9 Å². The molecule has 3 aliphatic rings. The van der Waals surface area contributed by atoms with E-state index in [1.54, 1.807) is 11.0 Å². The first-order valence-electron chi connectivity index (χ1n) is 11.4. The Balaban J connectivity index is 1.40. The second-order valence-corrected chi connectivity index (χ2v) is 10.3. The maximum absolute atomic E-state index is 13.6. The van der Waals surface area contributed by atoms with E-state index in [9.17, 15) is 18.0 Å². The maximum Gasteiger partial charge on any atom is 0.285 e. The molecule has 34 heavy (non-hydrogen) atoms. The highest BCUT2D eigenvalue weighted by atomic mass is 127. The molecule has 10 heteroatoms. The van der Waals surface area contributed by atoms with Crippen molar-refractivity contribution in [3.8, 4) is 0 Å². The zero-order valence-electron chi connectivity index (χ0n) is 18.5. The summed E-state index contributed by atoms with van der Waals surface area (Å²) < 4.78 is 40.8. The molecule has 0 radical (unpaired) electrons. The summed E-state index contributed by atoms with van der Waals surface area (Å²) >= 11 is 1.99. The van der Waals surface area contributed by atoms with Gasteiger partial charge in [0.1, 0.15) is 23.2 Å². The van der Waals surface area contributed by atoms with E-state index >= 15 is 0 Å². The number of hydrogen-bond donors (Lipinski definition) is 2. The van der Waals surface area contributed by atoms with Gasteiger partial charge in [-0.2, -0.15) is 8.78 Å². The van der Waals surface area contributed by atoms with Crippen molar-refractivity contribution in [2.24, 2.45) is 5.92 Å². The molecule has 2 aliphatic heterocycles. The number of nitrogens with zero attached hydrogens (tertiary/aromatic N) is 3. The Kier molecular flexibility index (Phi) is 6.45. The summed E-state index contributed by atoms with van der Waals surface area (Å²) in [5, 5.41) is 11.3. The minimum absolute atomic E-state index is 0.115. The molecule has 1 fully saturated rings. The molecule has 2 N–H and O–H groups in total. The molecule has 1 saturated carbocycles. The van der Waals surface area contributed by atoms with Crippen LogP contribution in [0.25, 0.3) is 0 Å². The van der Waals surface area contributed by atoms with E-state index < -0.39 is 6.08 Å². The normalized spacial score (nSPS) is 19.7. The number of halogens is 4. The SMILES string of the molecule is N=c1cc2c(c3n1C(C1CC1)N(CCNC=C(F)F)C3=O)CCN(Cc1ccc(F)c(I)c1)C2. The highest BCUT2D eigenvalue weighted by Gasteiger charge is 2.46. The second-order valence-electron chi connectivity index (χ2n) is 9.10. The van der Waals surface area contributed by atoms with Crippen LogP contribution in [0.1, 0.15) is 46.2 Å². The van der Waals surface area contributed by atoms with Crippen molar-refractivity contribution >= 4 is 28.5 Å². The van der Waals surface area contributed by atoms with Crippen molar-refractivity contribution < 1.29 is 18.0 Å². The molecule has 1 aromatic heterocycles. The van der Waals surface area contributed by atoms with E-state index in [0.29, 0.717) is 52.9 Å². The zero-order chi connectivity index (χ0) is 24.0. The Hall–Kier alpha value is -2.34. The summed E-state index contributed by atoms with van der Waals surface area (Å²) in [4.78, 5) is 17.5. The first-order chi connectivity index (χ1) is 16.3. The van der Waals surface area contributed by atoms with Crippen molar-refractivity contribution in [3.05, 3.63) is 73.8 Å². The van der Waals surface area contributed by atoms with Gasteiger partial charge < -0.3 is 14.8 Å². The van der Waals surface area contributed by atoms with Crippen LogP contribution in [0, 0.1) is 20.7 Å². The molecule has 6 nitrogen and oxygen atoms in total. The fraction of sp³-hybridized carbons (Fsp3) is 0.417. The molecule has 2 aromatic rings. The van der Waals surface area contributed by atoms with Crippen LogP contribution in [0.15, 0.2) is 36.5 Å². The molecule has 1 amide bonds. The number of carbonyl (C=O) groups excluding carboxylic acids is 1. The first-order valence-corrected chi connectivity index (χ1v) is 12.4. The maximum atomic E-state index is 13.6. The van der Waals surface area contributed by atoms with E-state index in [0.717, 1.165) is 36.1 Å². The number of carbonyl (C=O) groups is 1. The number of pyridine rings is 1. The Morgan fingerprint density at radius 3 is 2.76 bits per heavy atom. The fourth-order valence-corrected chi connectivity index (χ4v) is 5.69. The van der Waals surface area contributed by atoms with E-state index in [4.69, 9.17) is 5.41 Å². The quantitative estimate of drug-likeness (QED) is 0.384. The van der Waals surface area contributed by atoms with E-state index in [1.165, 1.54) is 6.07 Å². The lowest BCUT2D eigenvalue weighted by molar-refractivity contribution is 0.0669. The average molecular weight is 583 g/mol. The van der Waals surface area contributed by atoms with Gasteiger partial charge in [0.2, 0.25) is 0 Å². The Bertz CT molecular complexity index is 1220. The summed E-state index contributed by atoms with van der Waals surface area (Å²) in [5.74, 6) is -0.0451. The van der Waals surface area contributed by atoms with Crippen molar-refractivity contribution in [1.82, 2.24) is 19.7 Å². The fourth-order valence-electron chi connectivity index (χ4n) is 5.11. The molecule has 0 spiro atoms. The molecule has 1 aromatic carbocycles. The van der Waals surface area contributed by atoms with Crippen molar-refractivity contribution in [3.63, 3.8) is 0 Å². The molecular formula is C24H25F3IN5O. The van der Waals surface area contributed by atoms with E-state index in [1.807, 2.05) is 39.3 Å². The number of rotatable bonds is 7. The molecule has 1 atom stereocenters. The molecule has 180 valence electrons. The predicted molar refractivity (Wildman–Crippen MR) is 128 cm³/mol. The van der Waals surface area contributed by atoms with E-state index in [-0.39, 0.29) is 24.4 Å². The predicted octanol–water partition coefficient (Wildman–Crippen LogP) is 3.96. The first kappa shape index (κ1) is 23.4. The van der Waals surface area contributed by atoms with E-state index in [2.05, 4.69) is 10.2 Å². The average Bonchev–Trinajstić information content (AvgIpc) is 3.58. The summed E-state index contributed by atoms with van der Waals surface area (Å²) in [6, 6.07) is 6.99. The number of nitrogens with one attached hydrogen (secondary N) is 2. The minimum Gasteiger partial charge on any atom is -0.385 e. The van der Waals surface area contributed by atoms with Gasteiger partial charge in [0.15, 0.2) is 0 Å². The van der Waals surface area contributed by atoms with Gasteiger partial charge in [-0.3, -0.25) is 15.1 Å². The third kappa shape index (κ3) is 4.49. The Morgan fingerprint density at radius 1 is 1.26 bits per heavy atom. The summed E-state index contributed by atoms with van der Waals surface area (Å²) in [6.45, 7) is 2.57. The van der Waals surface area contributed by atoms with Crippen molar-refractivity contribution in [1.29, 1.82) is 5.41 Å². The van der Waals surface area contributed by atoms with Crippen LogP contribution >= 0.6 is 22.6 Å². The Labute approximate surface area is 209 Å². The van der Waals surface area contributed by atoms with Crippen LogP contribution in [0.5, 0.6) is 0 Å². The third-order valence-electron chi connectivity index (χ3n) is 6.75. The number of benzene rings is 1. The van der Waals surface area contributed by atoms with Crippen molar-refractivity contribution in [2.45, 2.75) is 38.5 Å². The largest absolute Gasteiger partial charge is 0.385 e. The van der Waals surface area contributed by atoms with Crippen LogP contribution in [0.3, 0.4) is 0 Å². The van der Waals surface area contributed by atoms with Gasteiger partial charge in [-0.1, -0.05) is 6.07 Å². The van der Waals surface area contributed by atoms with Gasteiger partial charge >= 0.3 is 0 Å². The van der Waals surface area contributed by atoms with Crippen LogP contribution in [0.2, 0.25) is 0 Å². The number of amides is 1. The minimum atomic E-state index is -1.80.